The van der Waals surface area contributed by atoms with Crippen molar-refractivity contribution in [1.82, 2.24) is 0 Å². The van der Waals surface area contributed by atoms with Crippen LogP contribution >= 0.6 is 0 Å². The lowest BCUT2D eigenvalue weighted by Crippen LogP contribution is -2.17. The second-order valence-electron chi connectivity index (χ2n) is 3.15. The van der Waals surface area contributed by atoms with Crippen LogP contribution in [0, 0.1) is 0 Å². The Morgan fingerprint density at radius 1 is 1.00 bits per heavy atom. The molecule has 9 heavy (non-hydrogen) atoms. The normalized spacial score (nSPS) is 30.2. The average molecular weight is 124 g/mol. The molecule has 0 aromatic heterocycles. The molecule has 50 valence electrons. The Kier molecular flexibility index (Phi) is 1.07. The number of hydrogen-bond acceptors (Lipinski definition) is 2. The van der Waals surface area contributed by atoms with E-state index in [1.807, 2.05) is 0 Å². The van der Waals surface area contributed by atoms with Gasteiger partial charge in [0.25, 0.3) is 0 Å². The molecule has 0 aromatic rings. The van der Waals surface area contributed by atoms with Crippen LogP contribution in [-0.2, 0) is 0 Å². The fraction of sp³-hybridized carbons (Fsp3) is 1.00. The summed E-state index contributed by atoms with van der Waals surface area (Å²) in [4.78, 5) is 0. The zero-order valence-corrected chi connectivity index (χ0v) is 5.64. The first-order chi connectivity index (χ1) is 4.41. The van der Waals surface area contributed by atoms with Crippen LogP contribution in [0.15, 0.2) is 10.2 Å². The molecule has 1 aliphatic carbocycles. The number of rotatable bonds is 0. The Hall–Kier alpha value is -0.400. The van der Waals surface area contributed by atoms with E-state index >= 15 is 0 Å². The predicted molar refractivity (Wildman–Crippen MR) is 35.5 cm³/mol. The standard InChI is InChI=1S/C7H12N2/c1-2-4-7(3-1)5-6-8-9-7/h1-6H2. The molecule has 0 bridgehead atoms. The molecule has 2 heteroatoms. The van der Waals surface area contributed by atoms with E-state index in [2.05, 4.69) is 10.2 Å². The fourth-order valence-electron chi connectivity index (χ4n) is 1.89. The first-order valence-electron chi connectivity index (χ1n) is 3.80. The number of azo groups is 1. The lowest BCUT2D eigenvalue weighted by atomic mass is 9.96. The minimum atomic E-state index is 0.347. The molecule has 0 atom stereocenters. The van der Waals surface area contributed by atoms with Gasteiger partial charge < -0.3 is 0 Å². The van der Waals surface area contributed by atoms with Crippen molar-refractivity contribution in [2.75, 3.05) is 6.54 Å². The van der Waals surface area contributed by atoms with E-state index in [0.29, 0.717) is 5.54 Å². The quantitative estimate of drug-likeness (QED) is 0.472. The van der Waals surface area contributed by atoms with Gasteiger partial charge in [0, 0.05) is 0 Å². The molecule has 1 heterocycles. The molecule has 1 fully saturated rings. The Morgan fingerprint density at radius 2 is 1.78 bits per heavy atom. The van der Waals surface area contributed by atoms with Gasteiger partial charge in [-0.2, -0.15) is 10.2 Å². The van der Waals surface area contributed by atoms with Gasteiger partial charge in [0.15, 0.2) is 0 Å². The third-order valence-electron chi connectivity index (χ3n) is 2.49. The molecule has 0 saturated heterocycles. The van der Waals surface area contributed by atoms with Gasteiger partial charge in [0.1, 0.15) is 0 Å². The first kappa shape index (κ1) is 5.39. The Labute approximate surface area is 55.4 Å². The molecule has 0 N–H and O–H groups in total. The smallest absolute Gasteiger partial charge is 0.0834 e. The van der Waals surface area contributed by atoms with E-state index in [0.717, 1.165) is 6.54 Å². The van der Waals surface area contributed by atoms with Gasteiger partial charge in [-0.3, -0.25) is 0 Å². The zero-order valence-electron chi connectivity index (χ0n) is 5.64. The van der Waals surface area contributed by atoms with Crippen LogP contribution in [0.2, 0.25) is 0 Å². The second-order valence-corrected chi connectivity index (χ2v) is 3.15. The Morgan fingerprint density at radius 3 is 2.33 bits per heavy atom. The highest BCUT2D eigenvalue weighted by Crippen LogP contribution is 2.39. The number of hydrogen-bond donors (Lipinski definition) is 0. The zero-order chi connectivity index (χ0) is 6.16. The average Bonchev–Trinajstić information content (AvgIpc) is 2.45. The molecule has 0 unspecified atom stereocenters. The van der Waals surface area contributed by atoms with Crippen LogP contribution in [0.3, 0.4) is 0 Å². The lowest BCUT2D eigenvalue weighted by molar-refractivity contribution is 0.448. The van der Waals surface area contributed by atoms with Gasteiger partial charge in [-0.15, -0.1) is 0 Å². The van der Waals surface area contributed by atoms with E-state index in [9.17, 15) is 0 Å². The van der Waals surface area contributed by atoms with Gasteiger partial charge in [0.05, 0.1) is 12.1 Å². The fourth-order valence-corrected chi connectivity index (χ4v) is 1.89. The SMILES string of the molecule is C1CCC2(C1)CCN=N2. The van der Waals surface area contributed by atoms with Crippen LogP contribution in [0.25, 0.3) is 0 Å². The molecule has 0 amide bonds. The van der Waals surface area contributed by atoms with E-state index in [1.165, 1.54) is 32.1 Å². The summed E-state index contributed by atoms with van der Waals surface area (Å²) < 4.78 is 0. The summed E-state index contributed by atoms with van der Waals surface area (Å²) in [5.74, 6) is 0. The minimum Gasteiger partial charge on any atom is -0.194 e. The maximum Gasteiger partial charge on any atom is 0.0834 e. The largest absolute Gasteiger partial charge is 0.194 e. The predicted octanol–water partition coefficient (Wildman–Crippen LogP) is 2.16. The number of nitrogens with zero attached hydrogens (tertiary/aromatic N) is 2. The monoisotopic (exact) mass is 124 g/mol. The summed E-state index contributed by atoms with van der Waals surface area (Å²) in [7, 11) is 0. The molecule has 1 aliphatic heterocycles. The van der Waals surface area contributed by atoms with Crippen molar-refractivity contribution in [3.05, 3.63) is 0 Å². The first-order valence-corrected chi connectivity index (χ1v) is 3.80. The molecule has 1 spiro atoms. The molecule has 0 aromatic carbocycles. The molecule has 2 aliphatic rings. The van der Waals surface area contributed by atoms with Crippen LogP contribution in [0.1, 0.15) is 32.1 Å². The van der Waals surface area contributed by atoms with Gasteiger partial charge in [-0.05, 0) is 19.3 Å². The summed E-state index contributed by atoms with van der Waals surface area (Å²) in [5.41, 5.74) is 0.347. The van der Waals surface area contributed by atoms with Crippen LogP contribution < -0.4 is 0 Å². The second kappa shape index (κ2) is 1.79. The molecular weight excluding hydrogens is 112 g/mol. The summed E-state index contributed by atoms with van der Waals surface area (Å²) >= 11 is 0. The molecule has 0 radical (unpaired) electrons. The van der Waals surface area contributed by atoms with Crippen molar-refractivity contribution in [3.8, 4) is 0 Å². The lowest BCUT2D eigenvalue weighted by Gasteiger charge is -2.14. The Balaban J connectivity index is 2.13. The van der Waals surface area contributed by atoms with E-state index < -0.39 is 0 Å². The van der Waals surface area contributed by atoms with Crippen molar-refractivity contribution in [1.29, 1.82) is 0 Å². The summed E-state index contributed by atoms with van der Waals surface area (Å²) in [6.07, 6.45) is 6.58. The van der Waals surface area contributed by atoms with Gasteiger partial charge in [-0.25, -0.2) is 0 Å². The summed E-state index contributed by atoms with van der Waals surface area (Å²) in [6.45, 7) is 0.986. The van der Waals surface area contributed by atoms with Gasteiger partial charge >= 0.3 is 0 Å². The van der Waals surface area contributed by atoms with Crippen LogP contribution in [-0.4, -0.2) is 12.1 Å². The highest BCUT2D eigenvalue weighted by atomic mass is 15.2. The van der Waals surface area contributed by atoms with Crippen molar-refractivity contribution in [3.63, 3.8) is 0 Å². The molecule has 2 rings (SSSR count). The maximum atomic E-state index is 4.29. The van der Waals surface area contributed by atoms with Crippen LogP contribution in [0.4, 0.5) is 0 Å². The van der Waals surface area contributed by atoms with Crippen molar-refractivity contribution >= 4 is 0 Å². The summed E-state index contributed by atoms with van der Waals surface area (Å²) in [6, 6.07) is 0. The van der Waals surface area contributed by atoms with Crippen molar-refractivity contribution in [2.45, 2.75) is 37.6 Å². The van der Waals surface area contributed by atoms with Gasteiger partial charge in [0.2, 0.25) is 0 Å². The van der Waals surface area contributed by atoms with E-state index in [-0.39, 0.29) is 0 Å². The van der Waals surface area contributed by atoms with Crippen molar-refractivity contribution < 1.29 is 0 Å². The minimum absolute atomic E-state index is 0.347. The van der Waals surface area contributed by atoms with Crippen molar-refractivity contribution in [2.24, 2.45) is 10.2 Å². The summed E-state index contributed by atoms with van der Waals surface area (Å²) in [5, 5.41) is 8.34. The Bertz CT molecular complexity index is 134. The molecule has 1 saturated carbocycles. The third-order valence-corrected chi connectivity index (χ3v) is 2.49. The highest BCUT2D eigenvalue weighted by Gasteiger charge is 2.35. The molecule has 2 nitrogen and oxygen atoms in total. The van der Waals surface area contributed by atoms with E-state index in [4.69, 9.17) is 0 Å². The van der Waals surface area contributed by atoms with Gasteiger partial charge in [-0.1, -0.05) is 12.8 Å². The topological polar surface area (TPSA) is 24.7 Å². The molecular formula is C7H12N2. The van der Waals surface area contributed by atoms with Crippen LogP contribution in [0.5, 0.6) is 0 Å². The van der Waals surface area contributed by atoms with E-state index in [1.54, 1.807) is 0 Å². The third kappa shape index (κ3) is 0.769. The highest BCUT2D eigenvalue weighted by molar-refractivity contribution is 4.94. The maximum absolute atomic E-state index is 4.29.